The molecule has 5 heteroatoms. The minimum atomic E-state index is -0.809. The van der Waals surface area contributed by atoms with Crippen molar-refractivity contribution in [2.24, 2.45) is 7.05 Å². The van der Waals surface area contributed by atoms with Crippen LogP contribution in [0.4, 0.5) is 0 Å². The number of carboxylic acids is 1. The Labute approximate surface area is 75.4 Å². The number of nitrogens with one attached hydrogen (secondary N) is 1. The van der Waals surface area contributed by atoms with E-state index < -0.39 is 12.0 Å². The lowest BCUT2D eigenvalue weighted by Gasteiger charge is -2.20. The Balaban J connectivity index is 2.25. The predicted octanol–water partition coefficient (Wildman–Crippen LogP) is -0.481. The van der Waals surface area contributed by atoms with Crippen LogP contribution in [0.1, 0.15) is 11.4 Å². The first-order chi connectivity index (χ1) is 6.18. The van der Waals surface area contributed by atoms with Crippen molar-refractivity contribution in [2.75, 3.05) is 0 Å². The van der Waals surface area contributed by atoms with Crippen LogP contribution in [-0.2, 0) is 24.8 Å². The van der Waals surface area contributed by atoms with Gasteiger partial charge in [-0.15, -0.1) is 0 Å². The molecule has 0 aromatic carbocycles. The van der Waals surface area contributed by atoms with E-state index in [0.29, 0.717) is 13.0 Å². The molecule has 0 fully saturated rings. The van der Waals surface area contributed by atoms with Gasteiger partial charge in [0.2, 0.25) is 0 Å². The van der Waals surface area contributed by atoms with Crippen molar-refractivity contribution in [3.63, 3.8) is 0 Å². The van der Waals surface area contributed by atoms with Crippen molar-refractivity contribution in [1.29, 1.82) is 0 Å². The molecule has 1 aliphatic rings. The molecule has 13 heavy (non-hydrogen) atoms. The zero-order valence-electron chi connectivity index (χ0n) is 7.32. The smallest absolute Gasteiger partial charge is 0.321 e. The minimum absolute atomic E-state index is 0.478. The highest BCUT2D eigenvalue weighted by Crippen LogP contribution is 2.14. The maximum absolute atomic E-state index is 10.7. The molecule has 1 aromatic heterocycles. The lowest BCUT2D eigenvalue weighted by molar-refractivity contribution is -0.139. The predicted molar refractivity (Wildman–Crippen MR) is 45.2 cm³/mol. The zero-order valence-corrected chi connectivity index (χ0v) is 7.32. The molecule has 2 N–H and O–H groups in total. The molecule has 70 valence electrons. The van der Waals surface area contributed by atoms with Crippen LogP contribution in [0.2, 0.25) is 0 Å². The van der Waals surface area contributed by atoms with Crippen LogP contribution in [-0.4, -0.2) is 26.7 Å². The van der Waals surface area contributed by atoms with E-state index in [1.165, 1.54) is 0 Å². The van der Waals surface area contributed by atoms with Crippen molar-refractivity contribution in [1.82, 2.24) is 14.9 Å². The molecule has 0 unspecified atom stereocenters. The summed E-state index contributed by atoms with van der Waals surface area (Å²) >= 11 is 0. The average Bonchev–Trinajstić information content (AvgIpc) is 2.47. The van der Waals surface area contributed by atoms with Crippen molar-refractivity contribution in [2.45, 2.75) is 19.0 Å². The number of nitrogens with zero attached hydrogens (tertiary/aromatic N) is 2. The summed E-state index contributed by atoms with van der Waals surface area (Å²) in [5.41, 5.74) is 1.98. The molecular formula is C8H11N3O2. The highest BCUT2D eigenvalue weighted by atomic mass is 16.4. The Morgan fingerprint density at radius 3 is 3.31 bits per heavy atom. The fourth-order valence-electron chi connectivity index (χ4n) is 1.56. The van der Waals surface area contributed by atoms with Crippen LogP contribution in [0.5, 0.6) is 0 Å². The normalized spacial score (nSPS) is 21.2. The van der Waals surface area contributed by atoms with Gasteiger partial charge in [-0.25, -0.2) is 4.98 Å². The Kier molecular flexibility index (Phi) is 1.81. The Morgan fingerprint density at radius 2 is 2.62 bits per heavy atom. The van der Waals surface area contributed by atoms with E-state index in [9.17, 15) is 4.79 Å². The van der Waals surface area contributed by atoms with Crippen LogP contribution in [0, 0.1) is 0 Å². The van der Waals surface area contributed by atoms with E-state index in [1.807, 2.05) is 11.6 Å². The molecule has 2 rings (SSSR count). The van der Waals surface area contributed by atoms with Gasteiger partial charge in [0.25, 0.3) is 0 Å². The maximum Gasteiger partial charge on any atom is 0.321 e. The summed E-state index contributed by atoms with van der Waals surface area (Å²) in [6, 6.07) is -0.484. The second-order valence-electron chi connectivity index (χ2n) is 3.22. The van der Waals surface area contributed by atoms with E-state index in [2.05, 4.69) is 10.3 Å². The van der Waals surface area contributed by atoms with Gasteiger partial charge < -0.3 is 9.67 Å². The topological polar surface area (TPSA) is 67.2 Å². The Bertz CT molecular complexity index is 345. The average molecular weight is 181 g/mol. The van der Waals surface area contributed by atoms with Gasteiger partial charge in [0.15, 0.2) is 0 Å². The van der Waals surface area contributed by atoms with E-state index in [4.69, 9.17) is 5.11 Å². The number of imidazole rings is 1. The van der Waals surface area contributed by atoms with Crippen molar-refractivity contribution >= 4 is 5.97 Å². The van der Waals surface area contributed by atoms with Crippen molar-refractivity contribution < 1.29 is 9.90 Å². The van der Waals surface area contributed by atoms with Gasteiger partial charge in [0, 0.05) is 20.0 Å². The standard InChI is InChI=1S/C8H11N3O2/c1-11-4-10-5-2-6(8(12)13)9-3-7(5)11/h4,6,9H,2-3H2,1H3,(H,12,13)/t6-/m0/s1. The molecule has 1 aromatic rings. The van der Waals surface area contributed by atoms with E-state index in [0.717, 1.165) is 11.4 Å². The first-order valence-corrected chi connectivity index (χ1v) is 4.13. The third kappa shape index (κ3) is 1.31. The fourth-order valence-corrected chi connectivity index (χ4v) is 1.56. The molecular weight excluding hydrogens is 170 g/mol. The lowest BCUT2D eigenvalue weighted by Crippen LogP contribution is -2.42. The van der Waals surface area contributed by atoms with Crippen LogP contribution < -0.4 is 5.32 Å². The number of aromatic nitrogens is 2. The van der Waals surface area contributed by atoms with Gasteiger partial charge in [-0.2, -0.15) is 0 Å². The van der Waals surface area contributed by atoms with Gasteiger partial charge in [-0.1, -0.05) is 0 Å². The SMILES string of the molecule is Cn1cnc2c1CN[C@H](C(=O)O)C2. The molecule has 0 saturated carbocycles. The molecule has 1 aliphatic heterocycles. The molecule has 0 amide bonds. The minimum Gasteiger partial charge on any atom is -0.480 e. The Hall–Kier alpha value is -1.36. The lowest BCUT2D eigenvalue weighted by atomic mass is 10.1. The second-order valence-corrected chi connectivity index (χ2v) is 3.22. The highest BCUT2D eigenvalue weighted by molar-refractivity contribution is 5.74. The van der Waals surface area contributed by atoms with Gasteiger partial charge in [0.1, 0.15) is 6.04 Å². The van der Waals surface area contributed by atoms with Gasteiger partial charge in [-0.3, -0.25) is 10.1 Å². The van der Waals surface area contributed by atoms with Gasteiger partial charge in [0.05, 0.1) is 17.7 Å². The number of carbonyl (C=O) groups is 1. The third-order valence-electron chi connectivity index (χ3n) is 2.36. The monoisotopic (exact) mass is 181 g/mol. The first kappa shape index (κ1) is 8.25. The van der Waals surface area contributed by atoms with Gasteiger partial charge in [-0.05, 0) is 0 Å². The number of aryl methyl sites for hydroxylation is 1. The number of hydrogen-bond donors (Lipinski definition) is 2. The van der Waals surface area contributed by atoms with Crippen LogP contribution in [0.15, 0.2) is 6.33 Å². The van der Waals surface area contributed by atoms with Crippen LogP contribution >= 0.6 is 0 Å². The van der Waals surface area contributed by atoms with E-state index in [1.54, 1.807) is 6.33 Å². The Morgan fingerprint density at radius 1 is 1.85 bits per heavy atom. The van der Waals surface area contributed by atoms with Crippen LogP contribution in [0.25, 0.3) is 0 Å². The summed E-state index contributed by atoms with van der Waals surface area (Å²) < 4.78 is 1.92. The summed E-state index contributed by atoms with van der Waals surface area (Å²) in [6.07, 6.45) is 2.20. The first-order valence-electron chi connectivity index (χ1n) is 4.13. The third-order valence-corrected chi connectivity index (χ3v) is 2.36. The second kappa shape index (κ2) is 2.85. The number of carboxylic acid groups (broad SMARTS) is 1. The molecule has 0 spiro atoms. The molecule has 5 nitrogen and oxygen atoms in total. The molecule has 0 bridgehead atoms. The summed E-state index contributed by atoms with van der Waals surface area (Å²) in [6.45, 7) is 0.586. The zero-order chi connectivity index (χ0) is 9.42. The van der Waals surface area contributed by atoms with E-state index in [-0.39, 0.29) is 0 Å². The summed E-state index contributed by atoms with van der Waals surface area (Å²) in [5.74, 6) is -0.809. The largest absolute Gasteiger partial charge is 0.480 e. The van der Waals surface area contributed by atoms with E-state index >= 15 is 0 Å². The van der Waals surface area contributed by atoms with Crippen molar-refractivity contribution in [3.05, 3.63) is 17.7 Å². The number of aliphatic carboxylic acids is 1. The molecule has 2 heterocycles. The number of fused-ring (bicyclic) bond motifs is 1. The fraction of sp³-hybridized carbons (Fsp3) is 0.500. The van der Waals surface area contributed by atoms with Crippen molar-refractivity contribution in [3.8, 4) is 0 Å². The number of rotatable bonds is 1. The maximum atomic E-state index is 10.7. The summed E-state index contributed by atoms with van der Waals surface area (Å²) in [5, 5.41) is 11.7. The molecule has 1 atom stereocenters. The molecule has 0 saturated heterocycles. The molecule has 0 aliphatic carbocycles. The quantitative estimate of drug-likeness (QED) is 0.614. The van der Waals surface area contributed by atoms with Gasteiger partial charge >= 0.3 is 5.97 Å². The number of hydrogen-bond acceptors (Lipinski definition) is 3. The molecule has 0 radical (unpaired) electrons. The highest BCUT2D eigenvalue weighted by Gasteiger charge is 2.25. The van der Waals surface area contributed by atoms with Crippen LogP contribution in [0.3, 0.4) is 0 Å². The summed E-state index contributed by atoms with van der Waals surface area (Å²) in [7, 11) is 1.91. The summed E-state index contributed by atoms with van der Waals surface area (Å²) in [4.78, 5) is 14.8.